The number of hydrogen-bond acceptors (Lipinski definition) is 7. The van der Waals surface area contributed by atoms with Gasteiger partial charge >= 0.3 is 0 Å². The summed E-state index contributed by atoms with van der Waals surface area (Å²) in [5.74, 6) is 0.832. The Morgan fingerprint density at radius 1 is 1.15 bits per heavy atom. The first-order valence-electron chi connectivity index (χ1n) is 13.4. The first-order valence-corrected chi connectivity index (χ1v) is 13.4. The number of fused-ring (bicyclic) bond motifs is 2. The maximum atomic E-state index is 13.5. The van der Waals surface area contributed by atoms with Crippen molar-refractivity contribution in [3.05, 3.63) is 83.1 Å². The lowest BCUT2D eigenvalue weighted by atomic mass is 10.1. The van der Waals surface area contributed by atoms with Gasteiger partial charge in [0.1, 0.15) is 11.0 Å². The molecule has 5 aromatic rings. The Bertz CT molecular complexity index is 1750. The average Bonchev–Trinajstić information content (AvgIpc) is 3.44. The predicted octanol–water partition coefficient (Wildman–Crippen LogP) is 4.43. The van der Waals surface area contributed by atoms with Crippen molar-refractivity contribution in [2.24, 2.45) is 0 Å². The summed E-state index contributed by atoms with van der Waals surface area (Å²) >= 11 is 0. The molecule has 208 valence electrons. The van der Waals surface area contributed by atoms with E-state index in [9.17, 15) is 9.90 Å². The van der Waals surface area contributed by atoms with E-state index in [4.69, 9.17) is 4.98 Å². The van der Waals surface area contributed by atoms with Crippen LogP contribution in [-0.2, 0) is 18.7 Å². The fraction of sp³-hybridized carbons (Fsp3) is 0.333. The topological polar surface area (TPSA) is 106 Å². The molecule has 5 rings (SSSR count). The molecule has 0 aliphatic heterocycles. The summed E-state index contributed by atoms with van der Waals surface area (Å²) in [6, 6.07) is 13.6. The van der Waals surface area contributed by atoms with Crippen LogP contribution in [0.1, 0.15) is 32.9 Å². The normalized spacial score (nSPS) is 12.1. The van der Waals surface area contributed by atoms with Gasteiger partial charge < -0.3 is 19.9 Å². The lowest BCUT2D eigenvalue weighted by molar-refractivity contribution is 0.0738. The molecule has 1 aromatic carbocycles. The Balaban J connectivity index is 1.57. The molecule has 0 spiro atoms. The zero-order chi connectivity index (χ0) is 28.6. The zero-order valence-electron chi connectivity index (χ0n) is 23.7. The van der Waals surface area contributed by atoms with E-state index in [-0.39, 0.29) is 5.56 Å². The lowest BCUT2D eigenvalue weighted by Gasteiger charge is -2.18. The van der Waals surface area contributed by atoms with Crippen LogP contribution in [0.4, 0.5) is 11.6 Å². The third kappa shape index (κ3) is 5.41. The van der Waals surface area contributed by atoms with Crippen molar-refractivity contribution in [1.82, 2.24) is 33.8 Å². The van der Waals surface area contributed by atoms with Crippen LogP contribution in [0, 0.1) is 0 Å². The van der Waals surface area contributed by atoms with Crippen LogP contribution in [0.15, 0.2) is 71.8 Å². The molecule has 0 aliphatic rings. The molecule has 4 aromatic heterocycles. The number of nitrogens with zero attached hydrogens (tertiary/aromatic N) is 7. The number of pyridine rings is 1. The van der Waals surface area contributed by atoms with E-state index in [1.54, 1.807) is 41.5 Å². The Labute approximate surface area is 233 Å². The molecule has 10 nitrogen and oxygen atoms in total. The van der Waals surface area contributed by atoms with Crippen molar-refractivity contribution in [3.63, 3.8) is 0 Å². The maximum absolute atomic E-state index is 13.5. The molecule has 0 amide bonds. The molecule has 0 saturated carbocycles. The number of nitrogens with one attached hydrogen (secondary N) is 1. The molecule has 0 unspecified atom stereocenters. The van der Waals surface area contributed by atoms with Crippen molar-refractivity contribution in [2.45, 2.75) is 45.9 Å². The summed E-state index contributed by atoms with van der Waals surface area (Å²) in [5.41, 5.74) is 2.41. The molecule has 0 radical (unpaired) electrons. The van der Waals surface area contributed by atoms with Crippen LogP contribution >= 0.6 is 0 Å². The summed E-state index contributed by atoms with van der Waals surface area (Å²) in [7, 11) is 4.14. The van der Waals surface area contributed by atoms with Gasteiger partial charge in [0, 0.05) is 42.1 Å². The van der Waals surface area contributed by atoms with E-state index in [2.05, 4.69) is 69.8 Å². The number of hydrogen-bond donors (Lipinski definition) is 2. The molecular weight excluding hydrogens is 504 g/mol. The van der Waals surface area contributed by atoms with Crippen molar-refractivity contribution in [1.29, 1.82) is 0 Å². The van der Waals surface area contributed by atoms with Crippen LogP contribution in [0.25, 0.3) is 27.8 Å². The van der Waals surface area contributed by atoms with E-state index in [0.717, 1.165) is 41.7 Å². The van der Waals surface area contributed by atoms with E-state index in [1.807, 2.05) is 19.1 Å². The summed E-state index contributed by atoms with van der Waals surface area (Å²) in [5, 5.41) is 15.4. The fourth-order valence-electron chi connectivity index (χ4n) is 4.58. The van der Waals surface area contributed by atoms with Crippen molar-refractivity contribution < 1.29 is 5.11 Å². The molecule has 0 fully saturated rings. The van der Waals surface area contributed by atoms with Crippen LogP contribution in [-0.4, -0.2) is 59.5 Å². The first kappa shape index (κ1) is 27.3. The predicted molar refractivity (Wildman–Crippen MR) is 159 cm³/mol. The second-order valence-corrected chi connectivity index (χ2v) is 10.9. The Kier molecular flexibility index (Phi) is 7.31. The summed E-state index contributed by atoms with van der Waals surface area (Å²) in [6.07, 6.45) is 4.37. The van der Waals surface area contributed by atoms with E-state index in [0.29, 0.717) is 35.0 Å². The molecule has 4 heterocycles. The molecule has 40 heavy (non-hydrogen) atoms. The third-order valence-electron chi connectivity index (χ3n) is 6.94. The van der Waals surface area contributed by atoms with Gasteiger partial charge in [-0.15, -0.1) is 0 Å². The standard InChI is InChI=1S/C30H36N8O2/c1-7-20(2)19-37-28(39)23-18-31-29(34-27(23)38(37)26-10-8-9-25(33-26)30(3,4)40)32-22-11-12-24-21(17-22)13-14-36(24)16-15-35(5)6/h8-14,17-18,40H,2,7,15-16,19H2,1,3-6H3,(H,31,32,34). The SMILES string of the molecule is C=C(CC)Cn1c(=O)c2cnc(Nc3ccc4c(ccn4CCN(C)C)c3)nc2n1-c1cccc(C(C)(C)O)n1. The maximum Gasteiger partial charge on any atom is 0.278 e. The van der Waals surface area contributed by atoms with E-state index in [1.165, 1.54) is 0 Å². The average molecular weight is 541 g/mol. The van der Waals surface area contributed by atoms with Gasteiger partial charge in [0.05, 0.1) is 12.2 Å². The number of allylic oxidation sites excluding steroid dienone is 1. The molecule has 0 saturated heterocycles. The van der Waals surface area contributed by atoms with Gasteiger partial charge in [0.2, 0.25) is 5.95 Å². The second-order valence-electron chi connectivity index (χ2n) is 10.9. The number of anilines is 2. The Morgan fingerprint density at radius 2 is 1.95 bits per heavy atom. The number of benzene rings is 1. The molecule has 0 aliphatic carbocycles. The van der Waals surface area contributed by atoms with E-state index >= 15 is 0 Å². The molecule has 10 heteroatoms. The van der Waals surface area contributed by atoms with Crippen LogP contribution < -0.4 is 10.9 Å². The van der Waals surface area contributed by atoms with Crippen molar-refractivity contribution in [3.8, 4) is 5.82 Å². The molecular formula is C30H36N8O2. The van der Waals surface area contributed by atoms with Crippen LogP contribution in [0.3, 0.4) is 0 Å². The third-order valence-corrected chi connectivity index (χ3v) is 6.94. The van der Waals surface area contributed by atoms with Gasteiger partial charge in [-0.25, -0.2) is 19.3 Å². The number of rotatable bonds is 10. The highest BCUT2D eigenvalue weighted by molar-refractivity contribution is 5.85. The van der Waals surface area contributed by atoms with Crippen molar-refractivity contribution >= 4 is 33.6 Å². The highest BCUT2D eigenvalue weighted by Crippen LogP contribution is 2.25. The highest BCUT2D eigenvalue weighted by atomic mass is 16.3. The van der Waals surface area contributed by atoms with Gasteiger partial charge in [-0.2, -0.15) is 4.98 Å². The summed E-state index contributed by atoms with van der Waals surface area (Å²) < 4.78 is 5.50. The van der Waals surface area contributed by atoms with Gasteiger partial charge in [-0.3, -0.25) is 4.79 Å². The highest BCUT2D eigenvalue weighted by Gasteiger charge is 2.22. The Morgan fingerprint density at radius 3 is 2.67 bits per heavy atom. The molecule has 0 atom stereocenters. The second kappa shape index (κ2) is 10.7. The number of likely N-dealkylation sites (N-methyl/N-ethyl adjacent to an activating group) is 1. The minimum Gasteiger partial charge on any atom is -0.384 e. The summed E-state index contributed by atoms with van der Waals surface area (Å²) in [6.45, 7) is 11.6. The van der Waals surface area contributed by atoms with Gasteiger partial charge in [-0.1, -0.05) is 25.1 Å². The Hall–Kier alpha value is -4.28. The zero-order valence-corrected chi connectivity index (χ0v) is 23.7. The largest absolute Gasteiger partial charge is 0.384 e. The fourth-order valence-corrected chi connectivity index (χ4v) is 4.58. The number of aromatic nitrogens is 6. The van der Waals surface area contributed by atoms with Gasteiger partial charge in [0.15, 0.2) is 11.5 Å². The molecule has 0 bridgehead atoms. The van der Waals surface area contributed by atoms with Crippen LogP contribution in [0.5, 0.6) is 0 Å². The van der Waals surface area contributed by atoms with Gasteiger partial charge in [0.25, 0.3) is 5.56 Å². The van der Waals surface area contributed by atoms with E-state index < -0.39 is 5.60 Å². The lowest BCUT2D eigenvalue weighted by Crippen LogP contribution is -2.25. The monoisotopic (exact) mass is 540 g/mol. The smallest absolute Gasteiger partial charge is 0.278 e. The van der Waals surface area contributed by atoms with Gasteiger partial charge in [-0.05, 0) is 70.8 Å². The number of aliphatic hydroxyl groups is 1. The van der Waals surface area contributed by atoms with Crippen molar-refractivity contribution in [2.75, 3.05) is 26.0 Å². The quantitative estimate of drug-likeness (QED) is 0.253. The molecule has 2 N–H and O–H groups in total. The van der Waals surface area contributed by atoms with Crippen LogP contribution in [0.2, 0.25) is 0 Å². The minimum absolute atomic E-state index is 0.230. The summed E-state index contributed by atoms with van der Waals surface area (Å²) in [4.78, 5) is 29.6. The first-order chi connectivity index (χ1) is 19.0. The minimum atomic E-state index is -1.15.